The smallest absolute Gasteiger partial charge is 0.401 e. The molecule has 0 radical (unpaired) electrons. The first-order chi connectivity index (χ1) is 12.1. The molecule has 11 heteroatoms. The molecule has 2 aromatic carbocycles. The standard InChI is InChI=1S/C16H16O8P2.CH3.K/c1-2-10-4-3-5-13-12(10)8-6-11-7-9-14(23-25(17,18)19)16(15(11)13)24-26(20,21)22;;/h3-5,7-9H,1-2,6H2,(H2,17,18,19)(H2,20,21,22);1H3;/q-2;-1;+1. The molecule has 0 spiro atoms. The molecule has 148 valence electrons. The minimum absolute atomic E-state index is 0. The van der Waals surface area contributed by atoms with Crippen molar-refractivity contribution in [3.05, 3.63) is 67.8 Å². The van der Waals surface area contributed by atoms with E-state index in [9.17, 15) is 18.9 Å². The van der Waals surface area contributed by atoms with Crippen molar-refractivity contribution in [1.29, 1.82) is 0 Å². The summed E-state index contributed by atoms with van der Waals surface area (Å²) in [6.45, 7) is 3.86. The number of rotatable bonds is 5. The normalized spacial score (nSPS) is 12.5. The topological polar surface area (TPSA) is 134 Å². The zero-order chi connectivity index (χ0) is 19.1. The van der Waals surface area contributed by atoms with Crippen LogP contribution in [0.25, 0.3) is 11.1 Å². The van der Waals surface area contributed by atoms with Gasteiger partial charge in [0, 0.05) is 0 Å². The molecule has 8 nitrogen and oxygen atoms in total. The number of benzene rings is 2. The summed E-state index contributed by atoms with van der Waals surface area (Å²) >= 11 is 0. The Bertz CT molecular complexity index is 950. The third-order valence-corrected chi connectivity index (χ3v) is 4.75. The first-order valence-corrected chi connectivity index (χ1v) is 10.6. The van der Waals surface area contributed by atoms with Crippen molar-refractivity contribution in [2.45, 2.75) is 12.8 Å². The molecule has 0 atom stereocenters. The van der Waals surface area contributed by atoms with Crippen molar-refractivity contribution in [1.82, 2.24) is 0 Å². The van der Waals surface area contributed by atoms with Gasteiger partial charge in [0.1, 0.15) is 0 Å². The van der Waals surface area contributed by atoms with Crippen LogP contribution in [-0.2, 0) is 22.0 Å². The molecule has 0 saturated heterocycles. The molecule has 2 aromatic rings. The Hall–Kier alpha value is -0.154. The van der Waals surface area contributed by atoms with Crippen molar-refractivity contribution in [3.8, 4) is 22.6 Å². The Kier molecular flexibility index (Phi) is 9.03. The third kappa shape index (κ3) is 5.94. The molecule has 28 heavy (non-hydrogen) atoms. The average Bonchev–Trinajstić information content (AvgIpc) is 2.53. The Labute approximate surface area is 206 Å². The maximum absolute atomic E-state index is 11.4. The van der Waals surface area contributed by atoms with Crippen LogP contribution in [0, 0.1) is 20.8 Å². The van der Waals surface area contributed by atoms with Gasteiger partial charge in [-0.1, -0.05) is 24.1 Å². The Morgan fingerprint density at radius 3 is 2.25 bits per heavy atom. The van der Waals surface area contributed by atoms with Gasteiger partial charge in [-0.25, -0.2) is 15.6 Å². The predicted molar refractivity (Wildman–Crippen MR) is 99.8 cm³/mol. The van der Waals surface area contributed by atoms with Crippen LogP contribution in [0.4, 0.5) is 0 Å². The zero-order valence-corrected chi connectivity index (χ0v) is 20.3. The van der Waals surface area contributed by atoms with Gasteiger partial charge in [0.05, 0.1) is 0 Å². The molecule has 1 aliphatic rings. The van der Waals surface area contributed by atoms with Gasteiger partial charge in [0.2, 0.25) is 0 Å². The number of hydrogen-bond donors (Lipinski definition) is 4. The molecule has 0 unspecified atom stereocenters. The van der Waals surface area contributed by atoms with E-state index >= 15 is 0 Å². The van der Waals surface area contributed by atoms with E-state index in [1.165, 1.54) is 6.07 Å². The van der Waals surface area contributed by atoms with Crippen molar-refractivity contribution < 1.29 is 89.1 Å². The number of fused-ring (bicyclic) bond motifs is 3. The van der Waals surface area contributed by atoms with E-state index in [0.717, 1.165) is 11.1 Å². The first kappa shape index (κ1) is 25.9. The van der Waals surface area contributed by atoms with Crippen LogP contribution in [0.3, 0.4) is 0 Å². The molecule has 0 saturated carbocycles. The Morgan fingerprint density at radius 2 is 1.68 bits per heavy atom. The third-order valence-electron chi connectivity index (χ3n) is 3.90. The van der Waals surface area contributed by atoms with Crippen LogP contribution in [0.1, 0.15) is 16.7 Å². The second-order valence-electron chi connectivity index (χ2n) is 5.63. The van der Waals surface area contributed by atoms with Crippen molar-refractivity contribution in [3.63, 3.8) is 0 Å². The van der Waals surface area contributed by atoms with Crippen molar-refractivity contribution in [2.75, 3.05) is 0 Å². The maximum Gasteiger partial charge on any atom is 1.00 e. The van der Waals surface area contributed by atoms with Gasteiger partial charge in [-0.05, 0) is 11.6 Å². The molecule has 0 fully saturated rings. The average molecular weight is 452 g/mol. The van der Waals surface area contributed by atoms with E-state index < -0.39 is 27.1 Å². The van der Waals surface area contributed by atoms with E-state index in [1.54, 1.807) is 18.2 Å². The molecule has 1 aliphatic carbocycles. The van der Waals surface area contributed by atoms with E-state index in [4.69, 9.17) is 14.3 Å². The van der Waals surface area contributed by atoms with Gasteiger partial charge >= 0.3 is 67.0 Å². The van der Waals surface area contributed by atoms with Gasteiger partial charge in [-0.3, -0.25) is 19.6 Å². The van der Waals surface area contributed by atoms with E-state index in [1.807, 2.05) is 12.5 Å². The minimum Gasteiger partial charge on any atom is -0.401 e. The number of hydrogen-bond acceptors (Lipinski definition) is 4. The number of phosphoric ester groups is 2. The van der Waals surface area contributed by atoms with Crippen LogP contribution in [-0.4, -0.2) is 19.6 Å². The summed E-state index contributed by atoms with van der Waals surface area (Å²) < 4.78 is 32.1. The van der Waals surface area contributed by atoms with Gasteiger partial charge < -0.3 is 23.4 Å². The molecular weight excluding hydrogens is 433 g/mol. The quantitative estimate of drug-likeness (QED) is 0.288. The molecule has 4 N–H and O–H groups in total. The van der Waals surface area contributed by atoms with Gasteiger partial charge in [-0.2, -0.15) is 17.5 Å². The molecule has 0 amide bonds. The Morgan fingerprint density at radius 1 is 1.04 bits per heavy atom. The summed E-state index contributed by atoms with van der Waals surface area (Å²) in [4.78, 5) is 36.7. The zero-order valence-electron chi connectivity index (χ0n) is 15.4. The molecule has 0 aromatic heterocycles. The fraction of sp³-hybridized carbons (Fsp3) is 0.118. The molecular formula is C17H19KO8P2-2. The van der Waals surface area contributed by atoms with Gasteiger partial charge in [-0.15, -0.1) is 17.7 Å². The summed E-state index contributed by atoms with van der Waals surface area (Å²) in [5.41, 5.74) is 3.38. The molecule has 0 aliphatic heterocycles. The van der Waals surface area contributed by atoms with Crippen LogP contribution in [0.15, 0.2) is 30.3 Å². The van der Waals surface area contributed by atoms with E-state index in [2.05, 4.69) is 11.4 Å². The molecule has 0 bridgehead atoms. The second kappa shape index (κ2) is 9.77. The molecule has 3 rings (SSSR count). The van der Waals surface area contributed by atoms with Gasteiger partial charge in [0.25, 0.3) is 0 Å². The number of phosphoric acid groups is 2. The SMILES string of the molecule is [CH2-]Cc1cccc2c1[CH-]Cc1ccc(OP(=O)(O)O)c(OP(=O)(O)O)c1-2.[CH3-].[K+]. The summed E-state index contributed by atoms with van der Waals surface area (Å²) in [6.07, 6.45) is 2.92. The monoisotopic (exact) mass is 452 g/mol. The van der Waals surface area contributed by atoms with Crippen LogP contribution >= 0.6 is 15.6 Å². The Balaban J connectivity index is 0.00000196. The van der Waals surface area contributed by atoms with E-state index in [-0.39, 0.29) is 58.8 Å². The largest absolute Gasteiger partial charge is 1.00 e. The van der Waals surface area contributed by atoms with E-state index in [0.29, 0.717) is 29.5 Å². The van der Waals surface area contributed by atoms with Gasteiger partial charge in [0.15, 0.2) is 11.5 Å². The summed E-state index contributed by atoms with van der Waals surface area (Å²) in [5, 5.41) is 0. The second-order valence-corrected chi connectivity index (χ2v) is 7.95. The van der Waals surface area contributed by atoms with Crippen LogP contribution in [0.5, 0.6) is 11.5 Å². The predicted octanol–water partition coefficient (Wildman–Crippen LogP) is 0.236. The summed E-state index contributed by atoms with van der Waals surface area (Å²) in [7, 11) is -9.98. The first-order valence-electron chi connectivity index (χ1n) is 7.50. The van der Waals surface area contributed by atoms with Crippen LogP contribution < -0.4 is 60.4 Å². The fourth-order valence-electron chi connectivity index (χ4n) is 2.98. The maximum atomic E-state index is 11.4. The summed E-state index contributed by atoms with van der Waals surface area (Å²) in [6, 6.07) is 8.17. The molecule has 0 heterocycles. The fourth-order valence-corrected chi connectivity index (χ4v) is 3.80. The van der Waals surface area contributed by atoms with Crippen molar-refractivity contribution >= 4 is 15.6 Å². The minimum atomic E-state index is -5.01. The van der Waals surface area contributed by atoms with Crippen LogP contribution in [0.2, 0.25) is 0 Å². The van der Waals surface area contributed by atoms with Crippen molar-refractivity contribution in [2.24, 2.45) is 0 Å². The summed E-state index contributed by atoms with van der Waals surface area (Å²) in [5.74, 6) is -0.858.